The standard InChI is InChI=1S/C16H15NO6/c18-15(13-10-3-4-11(23-10)14(13)16(19)20)17-6-8-1-2-9-12(5-8)22-7-21-9/h1-5,10-11,13-14H,6-7H2,(H,17,18)(H,19,20)/p-1/t10-,11+,13-,14+/m1/s1. The van der Waals surface area contributed by atoms with Gasteiger partial charge in [0.25, 0.3) is 0 Å². The number of hydrogen-bond acceptors (Lipinski definition) is 6. The fourth-order valence-corrected chi connectivity index (χ4v) is 3.26. The summed E-state index contributed by atoms with van der Waals surface area (Å²) in [5.74, 6) is -2.01. The molecule has 23 heavy (non-hydrogen) atoms. The molecule has 3 aliphatic heterocycles. The van der Waals surface area contributed by atoms with Crippen molar-refractivity contribution in [1.29, 1.82) is 0 Å². The predicted octanol–water partition coefficient (Wildman–Crippen LogP) is -0.649. The number of benzene rings is 1. The van der Waals surface area contributed by atoms with Crippen LogP contribution in [0.25, 0.3) is 0 Å². The van der Waals surface area contributed by atoms with Crippen molar-refractivity contribution in [3.8, 4) is 11.5 Å². The molecule has 0 spiro atoms. The molecule has 0 unspecified atom stereocenters. The minimum atomic E-state index is -1.26. The van der Waals surface area contributed by atoms with Gasteiger partial charge in [0.1, 0.15) is 0 Å². The lowest BCUT2D eigenvalue weighted by Gasteiger charge is -2.25. The van der Waals surface area contributed by atoms with Gasteiger partial charge >= 0.3 is 0 Å². The largest absolute Gasteiger partial charge is 0.550 e. The Balaban J connectivity index is 1.44. The summed E-state index contributed by atoms with van der Waals surface area (Å²) in [4.78, 5) is 23.7. The highest BCUT2D eigenvalue weighted by atomic mass is 16.7. The quantitative estimate of drug-likeness (QED) is 0.742. The Kier molecular flexibility index (Phi) is 3.23. The first kappa shape index (κ1) is 14.1. The smallest absolute Gasteiger partial charge is 0.231 e. The predicted molar refractivity (Wildman–Crippen MR) is 74.2 cm³/mol. The first-order valence-corrected chi connectivity index (χ1v) is 7.34. The number of hydrogen-bond donors (Lipinski definition) is 1. The number of carbonyl (C=O) groups excluding carboxylic acids is 2. The van der Waals surface area contributed by atoms with E-state index in [9.17, 15) is 14.7 Å². The van der Waals surface area contributed by atoms with Gasteiger partial charge in [0.15, 0.2) is 11.5 Å². The summed E-state index contributed by atoms with van der Waals surface area (Å²) >= 11 is 0. The van der Waals surface area contributed by atoms with E-state index < -0.39 is 30.0 Å². The lowest BCUT2D eigenvalue weighted by atomic mass is 9.82. The Bertz CT molecular complexity index is 700. The van der Waals surface area contributed by atoms with Gasteiger partial charge in [-0.15, -0.1) is 0 Å². The van der Waals surface area contributed by atoms with Crippen LogP contribution in [0.2, 0.25) is 0 Å². The Labute approximate surface area is 131 Å². The summed E-state index contributed by atoms with van der Waals surface area (Å²) in [7, 11) is 0. The number of carboxylic acids is 1. The number of aliphatic carboxylic acids is 1. The van der Waals surface area contributed by atoms with Gasteiger partial charge in [-0.25, -0.2) is 0 Å². The molecule has 0 radical (unpaired) electrons. The Morgan fingerprint density at radius 2 is 1.87 bits per heavy atom. The van der Waals surface area contributed by atoms with Crippen LogP contribution in [-0.2, 0) is 20.9 Å². The maximum atomic E-state index is 12.4. The Hall–Kier alpha value is -2.54. The van der Waals surface area contributed by atoms with E-state index in [0.717, 1.165) is 5.56 Å². The van der Waals surface area contributed by atoms with E-state index in [4.69, 9.17) is 14.2 Å². The fraction of sp³-hybridized carbons (Fsp3) is 0.375. The maximum Gasteiger partial charge on any atom is 0.231 e. The lowest BCUT2D eigenvalue weighted by Crippen LogP contribution is -2.46. The van der Waals surface area contributed by atoms with E-state index in [-0.39, 0.29) is 19.2 Å². The molecule has 0 saturated carbocycles. The average molecular weight is 316 g/mol. The van der Waals surface area contributed by atoms with E-state index in [1.165, 1.54) is 0 Å². The zero-order chi connectivity index (χ0) is 16.0. The minimum Gasteiger partial charge on any atom is -0.550 e. The van der Waals surface area contributed by atoms with Crippen molar-refractivity contribution in [2.24, 2.45) is 11.8 Å². The van der Waals surface area contributed by atoms with Crippen LogP contribution in [-0.4, -0.2) is 30.9 Å². The van der Waals surface area contributed by atoms with Crippen LogP contribution >= 0.6 is 0 Å². The maximum absolute atomic E-state index is 12.4. The van der Waals surface area contributed by atoms with Gasteiger partial charge in [-0.05, 0) is 17.7 Å². The van der Waals surface area contributed by atoms with Crippen molar-refractivity contribution in [3.63, 3.8) is 0 Å². The van der Waals surface area contributed by atoms with Crippen molar-refractivity contribution in [2.45, 2.75) is 18.8 Å². The van der Waals surface area contributed by atoms with Crippen LogP contribution in [0.15, 0.2) is 30.4 Å². The highest BCUT2D eigenvalue weighted by Gasteiger charge is 2.50. The number of carbonyl (C=O) groups is 2. The summed E-state index contributed by atoms with van der Waals surface area (Å²) < 4.78 is 16.0. The first-order chi connectivity index (χ1) is 11.1. The third-order valence-corrected chi connectivity index (χ3v) is 4.38. The fourth-order valence-electron chi connectivity index (χ4n) is 3.26. The van der Waals surface area contributed by atoms with Gasteiger partial charge < -0.3 is 29.4 Å². The number of rotatable bonds is 4. The van der Waals surface area contributed by atoms with E-state index in [2.05, 4.69) is 5.32 Å². The molecule has 1 amide bonds. The van der Waals surface area contributed by atoms with E-state index in [0.29, 0.717) is 11.5 Å². The molecule has 1 saturated heterocycles. The molecule has 0 aliphatic carbocycles. The molecule has 7 nitrogen and oxygen atoms in total. The van der Waals surface area contributed by atoms with Crippen LogP contribution in [0.1, 0.15) is 5.56 Å². The zero-order valence-electron chi connectivity index (χ0n) is 12.1. The molecule has 4 rings (SSSR count). The number of carboxylic acid groups (broad SMARTS) is 1. The van der Waals surface area contributed by atoms with Gasteiger partial charge in [-0.2, -0.15) is 0 Å². The summed E-state index contributed by atoms with van der Waals surface area (Å²) in [6.07, 6.45) is 2.33. The van der Waals surface area contributed by atoms with Gasteiger partial charge in [0.2, 0.25) is 12.7 Å². The van der Waals surface area contributed by atoms with Crippen LogP contribution < -0.4 is 19.9 Å². The second kappa shape index (κ2) is 5.27. The summed E-state index contributed by atoms with van der Waals surface area (Å²) in [6, 6.07) is 5.38. The number of amides is 1. The Morgan fingerprint density at radius 3 is 2.65 bits per heavy atom. The zero-order valence-corrected chi connectivity index (χ0v) is 12.1. The number of fused-ring (bicyclic) bond motifs is 3. The van der Waals surface area contributed by atoms with Crippen molar-refractivity contribution >= 4 is 11.9 Å². The molecular weight excluding hydrogens is 302 g/mol. The average Bonchev–Trinajstić information content (AvgIpc) is 3.25. The summed E-state index contributed by atoms with van der Waals surface area (Å²) in [5, 5.41) is 14.0. The topological polar surface area (TPSA) is 96.9 Å². The molecule has 1 aromatic rings. The molecule has 120 valence electrons. The summed E-state index contributed by atoms with van der Waals surface area (Å²) in [5.41, 5.74) is 0.840. The first-order valence-electron chi connectivity index (χ1n) is 7.34. The van der Waals surface area contributed by atoms with E-state index >= 15 is 0 Å². The SMILES string of the molecule is O=C([O-])[C@@H]1[C@H](C(=O)NCc2ccc3c(c2)OCO3)[C@H]2C=C[C@@H]1O2. The summed E-state index contributed by atoms with van der Waals surface area (Å²) in [6.45, 7) is 0.458. The van der Waals surface area contributed by atoms with Crippen molar-refractivity contribution in [2.75, 3.05) is 6.79 Å². The lowest BCUT2D eigenvalue weighted by molar-refractivity contribution is -0.313. The van der Waals surface area contributed by atoms with Gasteiger partial charge in [0, 0.05) is 18.4 Å². The molecule has 3 aliphatic rings. The van der Waals surface area contributed by atoms with Crippen LogP contribution in [0, 0.1) is 11.8 Å². The van der Waals surface area contributed by atoms with Gasteiger partial charge in [0.05, 0.1) is 18.1 Å². The molecular formula is C16H14NO6-. The van der Waals surface area contributed by atoms with Crippen LogP contribution in [0.5, 0.6) is 11.5 Å². The highest BCUT2D eigenvalue weighted by molar-refractivity contribution is 5.86. The molecule has 2 bridgehead atoms. The van der Waals surface area contributed by atoms with Crippen molar-refractivity contribution in [3.05, 3.63) is 35.9 Å². The van der Waals surface area contributed by atoms with Crippen molar-refractivity contribution < 1.29 is 28.9 Å². The second-order valence-corrected chi connectivity index (χ2v) is 5.73. The number of nitrogens with one attached hydrogen (secondary N) is 1. The second-order valence-electron chi connectivity index (χ2n) is 5.73. The molecule has 1 N–H and O–H groups in total. The van der Waals surface area contributed by atoms with Gasteiger partial charge in [-0.1, -0.05) is 18.2 Å². The van der Waals surface area contributed by atoms with Gasteiger partial charge in [-0.3, -0.25) is 4.79 Å². The molecule has 3 heterocycles. The van der Waals surface area contributed by atoms with E-state index in [1.807, 2.05) is 6.07 Å². The molecule has 4 atom stereocenters. The minimum absolute atomic E-state index is 0.188. The molecule has 1 fully saturated rings. The molecule has 7 heteroatoms. The van der Waals surface area contributed by atoms with E-state index in [1.54, 1.807) is 24.3 Å². The number of ether oxygens (including phenoxy) is 3. The third kappa shape index (κ3) is 2.33. The highest BCUT2D eigenvalue weighted by Crippen LogP contribution is 2.39. The Morgan fingerprint density at radius 1 is 1.13 bits per heavy atom. The monoisotopic (exact) mass is 316 g/mol. The molecule has 0 aromatic heterocycles. The normalized spacial score (nSPS) is 29.7. The van der Waals surface area contributed by atoms with Crippen molar-refractivity contribution in [1.82, 2.24) is 5.32 Å². The molecule has 1 aromatic carbocycles. The van der Waals surface area contributed by atoms with Crippen LogP contribution in [0.4, 0.5) is 0 Å². The third-order valence-electron chi connectivity index (χ3n) is 4.38. The van der Waals surface area contributed by atoms with Crippen LogP contribution in [0.3, 0.4) is 0 Å².